The molecule has 4 rings (SSSR count). The maximum Gasteiger partial charge on any atom is 0.262 e. The van der Waals surface area contributed by atoms with Gasteiger partial charge in [0.1, 0.15) is 5.75 Å². The summed E-state index contributed by atoms with van der Waals surface area (Å²) >= 11 is 12.2. The van der Waals surface area contributed by atoms with Gasteiger partial charge in [-0.2, -0.15) is 0 Å². The zero-order chi connectivity index (χ0) is 22.9. The van der Waals surface area contributed by atoms with E-state index in [-0.39, 0.29) is 46.3 Å². The molecule has 8 nitrogen and oxygen atoms in total. The second-order valence-electron chi connectivity index (χ2n) is 7.53. The van der Waals surface area contributed by atoms with Crippen LogP contribution >= 0.6 is 23.2 Å². The molecule has 2 aliphatic rings. The lowest BCUT2D eigenvalue weighted by molar-refractivity contribution is -0.131. The van der Waals surface area contributed by atoms with Crippen molar-refractivity contribution < 1.29 is 22.7 Å². The highest BCUT2D eigenvalue weighted by Gasteiger charge is 2.27. The summed E-state index contributed by atoms with van der Waals surface area (Å²) in [5.41, 5.74) is 1.31. The fourth-order valence-corrected chi connectivity index (χ4v) is 5.70. The SMILES string of the molecule is O=C1COc2cc(S(=O)(=O)CCC(=O)N3CCN(c4cccc(Cl)c4)CC3)c(Cl)cc2N1. The van der Waals surface area contributed by atoms with Crippen LogP contribution in [-0.4, -0.2) is 63.7 Å². The van der Waals surface area contributed by atoms with Crippen LogP contribution in [0.3, 0.4) is 0 Å². The van der Waals surface area contributed by atoms with Gasteiger partial charge in [0.05, 0.1) is 21.4 Å². The number of fused-ring (bicyclic) bond motifs is 1. The van der Waals surface area contributed by atoms with E-state index < -0.39 is 9.84 Å². The second-order valence-corrected chi connectivity index (χ2v) is 10.5. The average molecular weight is 498 g/mol. The molecule has 0 saturated carbocycles. The van der Waals surface area contributed by atoms with E-state index in [0.29, 0.717) is 36.9 Å². The minimum absolute atomic E-state index is 0.0304. The Morgan fingerprint density at radius 3 is 2.56 bits per heavy atom. The number of piperazine rings is 1. The quantitative estimate of drug-likeness (QED) is 0.682. The summed E-state index contributed by atoms with van der Waals surface area (Å²) in [6.45, 7) is 2.07. The van der Waals surface area contributed by atoms with Crippen LogP contribution in [0.15, 0.2) is 41.3 Å². The van der Waals surface area contributed by atoms with Gasteiger partial charge < -0.3 is 19.9 Å². The molecular weight excluding hydrogens is 477 g/mol. The third kappa shape index (κ3) is 4.95. The van der Waals surface area contributed by atoms with Gasteiger partial charge in [0.2, 0.25) is 5.91 Å². The summed E-state index contributed by atoms with van der Waals surface area (Å²) < 4.78 is 31.0. The van der Waals surface area contributed by atoms with Crippen molar-refractivity contribution in [2.24, 2.45) is 0 Å². The number of nitrogens with zero attached hydrogens (tertiary/aromatic N) is 2. The van der Waals surface area contributed by atoms with Crippen LogP contribution in [-0.2, 0) is 19.4 Å². The topological polar surface area (TPSA) is 96.0 Å². The van der Waals surface area contributed by atoms with Gasteiger partial charge in [-0.05, 0) is 24.3 Å². The van der Waals surface area contributed by atoms with Gasteiger partial charge >= 0.3 is 0 Å². The smallest absolute Gasteiger partial charge is 0.262 e. The molecule has 2 aromatic carbocycles. The van der Waals surface area contributed by atoms with E-state index in [9.17, 15) is 18.0 Å². The summed E-state index contributed by atoms with van der Waals surface area (Å²) in [5.74, 6) is -0.705. The molecule has 2 amide bonds. The normalized spacial score (nSPS) is 16.2. The van der Waals surface area contributed by atoms with E-state index in [2.05, 4.69) is 10.2 Å². The first-order chi connectivity index (χ1) is 15.2. The van der Waals surface area contributed by atoms with Crippen molar-refractivity contribution >= 4 is 56.2 Å². The van der Waals surface area contributed by atoms with Crippen LogP contribution in [0.1, 0.15) is 6.42 Å². The largest absolute Gasteiger partial charge is 0.482 e. The Labute approximate surface area is 195 Å². The number of amides is 2. The van der Waals surface area contributed by atoms with E-state index in [0.717, 1.165) is 5.69 Å². The molecule has 0 unspecified atom stereocenters. The molecule has 0 radical (unpaired) electrons. The molecule has 0 aromatic heterocycles. The molecule has 2 aliphatic heterocycles. The van der Waals surface area contributed by atoms with Gasteiger partial charge in [-0.15, -0.1) is 0 Å². The number of carbonyl (C=O) groups is 2. The number of sulfone groups is 1. The van der Waals surface area contributed by atoms with Gasteiger partial charge in [-0.25, -0.2) is 8.42 Å². The number of ether oxygens (including phenoxy) is 1. The van der Waals surface area contributed by atoms with E-state index >= 15 is 0 Å². The average Bonchev–Trinajstić information content (AvgIpc) is 2.77. The molecular formula is C21H21Cl2N3O5S. The Morgan fingerprint density at radius 1 is 1.09 bits per heavy atom. The Hall–Kier alpha value is -2.49. The Balaban J connectivity index is 1.36. The van der Waals surface area contributed by atoms with Crippen LogP contribution in [0, 0.1) is 0 Å². The van der Waals surface area contributed by atoms with Gasteiger partial charge in [-0.3, -0.25) is 9.59 Å². The van der Waals surface area contributed by atoms with E-state index in [1.165, 1.54) is 12.1 Å². The predicted octanol–water partition coefficient (Wildman–Crippen LogP) is 2.84. The zero-order valence-corrected chi connectivity index (χ0v) is 19.3. The molecule has 0 aliphatic carbocycles. The molecule has 11 heteroatoms. The first kappa shape index (κ1) is 22.7. The molecule has 2 heterocycles. The molecule has 0 bridgehead atoms. The fraction of sp³-hybridized carbons (Fsp3) is 0.333. The minimum Gasteiger partial charge on any atom is -0.482 e. The van der Waals surface area contributed by atoms with Crippen LogP contribution in [0.4, 0.5) is 11.4 Å². The molecule has 170 valence electrons. The maximum absolute atomic E-state index is 12.8. The van der Waals surface area contributed by atoms with E-state index in [1.54, 1.807) is 4.90 Å². The standard InChI is InChI=1S/C21H21Cl2N3O5S/c22-14-2-1-3-15(10-14)25-5-7-26(8-6-25)21(28)4-9-32(29,30)19-12-18-17(11-16(19)23)24-20(27)13-31-18/h1-3,10-12H,4-9,13H2,(H,24,27). The summed E-state index contributed by atoms with van der Waals surface area (Å²) in [6, 6.07) is 10.2. The number of halogens is 2. The zero-order valence-electron chi connectivity index (χ0n) is 17.0. The van der Waals surface area contributed by atoms with Crippen molar-refractivity contribution in [3.63, 3.8) is 0 Å². The van der Waals surface area contributed by atoms with Crippen LogP contribution in [0.2, 0.25) is 10.0 Å². The third-order valence-corrected chi connectivity index (χ3v) is 7.80. The fourth-order valence-electron chi connectivity index (χ4n) is 3.70. The van der Waals surface area contributed by atoms with Crippen molar-refractivity contribution in [3.05, 3.63) is 46.4 Å². The number of nitrogens with one attached hydrogen (secondary N) is 1. The third-order valence-electron chi connectivity index (χ3n) is 5.39. The van der Waals surface area contributed by atoms with Crippen LogP contribution in [0.25, 0.3) is 0 Å². The van der Waals surface area contributed by atoms with Gasteiger partial charge in [0.25, 0.3) is 5.91 Å². The van der Waals surface area contributed by atoms with Gasteiger partial charge in [-0.1, -0.05) is 29.3 Å². The Morgan fingerprint density at radius 2 is 1.84 bits per heavy atom. The van der Waals surface area contributed by atoms with Crippen molar-refractivity contribution in [2.45, 2.75) is 11.3 Å². The van der Waals surface area contributed by atoms with E-state index in [1.807, 2.05) is 24.3 Å². The molecule has 1 fully saturated rings. The lowest BCUT2D eigenvalue weighted by Crippen LogP contribution is -2.49. The number of anilines is 2. The lowest BCUT2D eigenvalue weighted by atomic mass is 10.2. The summed E-state index contributed by atoms with van der Waals surface area (Å²) in [7, 11) is -3.83. The van der Waals surface area contributed by atoms with Crippen molar-refractivity contribution in [2.75, 3.05) is 48.8 Å². The highest BCUT2D eigenvalue weighted by molar-refractivity contribution is 7.91. The molecule has 1 N–H and O–H groups in total. The van der Waals surface area contributed by atoms with Crippen LogP contribution in [0.5, 0.6) is 5.75 Å². The molecule has 0 spiro atoms. The van der Waals surface area contributed by atoms with Crippen molar-refractivity contribution in [3.8, 4) is 5.75 Å². The minimum atomic E-state index is -3.83. The molecule has 0 atom stereocenters. The maximum atomic E-state index is 12.8. The molecule has 32 heavy (non-hydrogen) atoms. The van der Waals surface area contributed by atoms with Crippen molar-refractivity contribution in [1.29, 1.82) is 0 Å². The summed E-state index contributed by atoms with van der Waals surface area (Å²) in [6.07, 6.45) is -0.148. The monoisotopic (exact) mass is 497 g/mol. The summed E-state index contributed by atoms with van der Waals surface area (Å²) in [4.78, 5) is 27.7. The predicted molar refractivity (Wildman–Crippen MR) is 122 cm³/mol. The molecule has 1 saturated heterocycles. The number of hydrogen-bond donors (Lipinski definition) is 1. The van der Waals surface area contributed by atoms with Crippen molar-refractivity contribution in [1.82, 2.24) is 4.90 Å². The number of rotatable bonds is 5. The number of benzene rings is 2. The van der Waals surface area contributed by atoms with Gasteiger partial charge in [0.15, 0.2) is 16.4 Å². The second kappa shape index (κ2) is 9.17. The highest BCUT2D eigenvalue weighted by Crippen LogP contribution is 2.36. The van der Waals surface area contributed by atoms with Gasteiger partial charge in [0, 0.05) is 49.4 Å². The Bertz CT molecular complexity index is 1160. The molecule has 2 aromatic rings. The number of hydrogen-bond acceptors (Lipinski definition) is 6. The first-order valence-electron chi connectivity index (χ1n) is 10.0. The van der Waals surface area contributed by atoms with E-state index in [4.69, 9.17) is 27.9 Å². The highest BCUT2D eigenvalue weighted by atomic mass is 35.5. The van der Waals surface area contributed by atoms with Crippen LogP contribution < -0.4 is 15.0 Å². The Kier molecular flexibility index (Phi) is 6.50. The summed E-state index contributed by atoms with van der Waals surface area (Å²) in [5, 5.41) is 3.20. The number of carbonyl (C=O) groups excluding carboxylic acids is 2. The lowest BCUT2D eigenvalue weighted by Gasteiger charge is -2.36. The first-order valence-corrected chi connectivity index (χ1v) is 12.4.